The molecule has 6 heteroatoms. The molecule has 6 nitrogen and oxygen atoms in total. The Morgan fingerprint density at radius 1 is 1.75 bits per heavy atom. The van der Waals surface area contributed by atoms with Crippen LogP contribution in [0.25, 0.3) is 0 Å². The summed E-state index contributed by atoms with van der Waals surface area (Å²) < 4.78 is 0. The normalized spacial score (nSPS) is 12.8. The van der Waals surface area contributed by atoms with Crippen molar-refractivity contribution < 1.29 is 9.90 Å². The fourth-order valence-electron chi connectivity index (χ4n) is 0.145. The Balaban J connectivity index is 3.05. The molecule has 0 unspecified atom stereocenters. The minimum atomic E-state index is -1.28. The summed E-state index contributed by atoms with van der Waals surface area (Å²) in [5, 5.41) is 8.20. The maximum absolute atomic E-state index is 9.79. The van der Waals surface area contributed by atoms with Crippen molar-refractivity contribution in [2.24, 2.45) is 11.5 Å². The maximum atomic E-state index is 9.79. The molecule has 0 rings (SSSR count). The molecular weight excluding hydrogens is 112 g/mol. The third-order valence-electron chi connectivity index (χ3n) is 0.343. The molecular formula is C2H8N4O2. The maximum Gasteiger partial charge on any atom is 0.326 e. The molecule has 0 aliphatic rings. The summed E-state index contributed by atoms with van der Waals surface area (Å²) in [6.45, 7) is 0. The first-order valence-electron chi connectivity index (χ1n) is 1.87. The van der Waals surface area contributed by atoms with Gasteiger partial charge in [0.25, 0.3) is 0 Å². The van der Waals surface area contributed by atoms with Gasteiger partial charge in [-0.3, -0.25) is 11.2 Å². The largest absolute Gasteiger partial charge is 0.364 e. The van der Waals surface area contributed by atoms with E-state index in [9.17, 15) is 4.79 Å². The predicted molar refractivity (Wildman–Crippen MR) is 26.0 cm³/mol. The van der Waals surface area contributed by atoms with Crippen LogP contribution in [0.15, 0.2) is 0 Å². The van der Waals surface area contributed by atoms with E-state index in [0.29, 0.717) is 0 Å². The SMILES string of the molecule is NC(=O)NN[C@H](N)O. The Morgan fingerprint density at radius 3 is 2.38 bits per heavy atom. The smallest absolute Gasteiger partial charge is 0.326 e. The fourth-order valence-corrected chi connectivity index (χ4v) is 0.145. The fraction of sp³-hybridized carbons (Fsp3) is 0.500. The van der Waals surface area contributed by atoms with Crippen molar-refractivity contribution in [3.05, 3.63) is 0 Å². The Labute approximate surface area is 45.8 Å². The molecule has 0 aromatic heterocycles. The first-order chi connectivity index (χ1) is 3.63. The summed E-state index contributed by atoms with van der Waals surface area (Å²) >= 11 is 0. The lowest BCUT2D eigenvalue weighted by molar-refractivity contribution is 0.129. The third-order valence-corrected chi connectivity index (χ3v) is 0.343. The molecule has 0 heterocycles. The molecule has 0 aromatic carbocycles. The van der Waals surface area contributed by atoms with Crippen LogP contribution in [-0.2, 0) is 0 Å². The molecule has 0 aliphatic carbocycles. The van der Waals surface area contributed by atoms with Crippen LogP contribution in [0.1, 0.15) is 0 Å². The van der Waals surface area contributed by atoms with E-state index in [0.717, 1.165) is 0 Å². The van der Waals surface area contributed by atoms with Crippen LogP contribution in [0.2, 0.25) is 0 Å². The lowest BCUT2D eigenvalue weighted by atomic mass is 11.0. The molecule has 1 atom stereocenters. The van der Waals surface area contributed by atoms with Gasteiger partial charge in [-0.2, -0.15) is 5.43 Å². The zero-order valence-electron chi connectivity index (χ0n) is 4.09. The van der Waals surface area contributed by atoms with E-state index >= 15 is 0 Å². The average molecular weight is 120 g/mol. The van der Waals surface area contributed by atoms with E-state index in [-0.39, 0.29) is 0 Å². The number of nitrogens with two attached hydrogens (primary N) is 2. The highest BCUT2D eigenvalue weighted by Crippen LogP contribution is 1.51. The number of amides is 2. The van der Waals surface area contributed by atoms with Gasteiger partial charge in [-0.05, 0) is 0 Å². The van der Waals surface area contributed by atoms with Crippen molar-refractivity contribution in [1.29, 1.82) is 0 Å². The van der Waals surface area contributed by atoms with Gasteiger partial charge in [-0.25, -0.2) is 4.79 Å². The van der Waals surface area contributed by atoms with Crippen molar-refractivity contribution >= 4 is 6.03 Å². The van der Waals surface area contributed by atoms with Crippen molar-refractivity contribution in [2.45, 2.75) is 6.35 Å². The van der Waals surface area contributed by atoms with Gasteiger partial charge in [0.2, 0.25) is 0 Å². The molecule has 0 saturated heterocycles. The summed E-state index contributed by atoms with van der Waals surface area (Å²) in [5.41, 5.74) is 13.1. The summed E-state index contributed by atoms with van der Waals surface area (Å²) in [7, 11) is 0. The Hall–Kier alpha value is -0.850. The number of hydrazine groups is 1. The number of nitrogens with one attached hydrogen (secondary N) is 2. The van der Waals surface area contributed by atoms with Crippen LogP contribution in [0.4, 0.5) is 4.79 Å². The van der Waals surface area contributed by atoms with Gasteiger partial charge in [0, 0.05) is 0 Å². The minimum absolute atomic E-state index is 0.797. The second-order valence-electron chi connectivity index (χ2n) is 1.08. The standard InChI is InChI=1S/C2H8N4O2/c3-1(7)5-6-2(4)8/h1,5,7H,3H2,(H3,4,6,8)/t1-/m0/s1. The zero-order chi connectivity index (χ0) is 6.57. The van der Waals surface area contributed by atoms with Gasteiger partial charge in [0.1, 0.15) is 0 Å². The van der Waals surface area contributed by atoms with Gasteiger partial charge < -0.3 is 10.8 Å². The highest BCUT2D eigenvalue weighted by Gasteiger charge is 1.92. The van der Waals surface area contributed by atoms with Crippen molar-refractivity contribution in [2.75, 3.05) is 0 Å². The van der Waals surface area contributed by atoms with Crippen LogP contribution >= 0.6 is 0 Å². The van der Waals surface area contributed by atoms with E-state index in [4.69, 9.17) is 10.8 Å². The van der Waals surface area contributed by atoms with E-state index in [1.54, 1.807) is 0 Å². The number of primary amides is 1. The Morgan fingerprint density at radius 2 is 2.25 bits per heavy atom. The topological polar surface area (TPSA) is 113 Å². The lowest BCUT2D eigenvalue weighted by Crippen LogP contribution is -2.50. The van der Waals surface area contributed by atoms with Crippen LogP contribution < -0.4 is 22.3 Å². The number of hydrogen-bond donors (Lipinski definition) is 5. The average Bonchev–Trinajstić information content (AvgIpc) is 1.61. The third kappa shape index (κ3) is 5.15. The van der Waals surface area contributed by atoms with E-state index in [1.165, 1.54) is 0 Å². The van der Waals surface area contributed by atoms with Crippen LogP contribution in [-0.4, -0.2) is 17.5 Å². The van der Waals surface area contributed by atoms with Gasteiger partial charge >= 0.3 is 6.03 Å². The molecule has 0 spiro atoms. The van der Waals surface area contributed by atoms with Gasteiger partial charge in [0.15, 0.2) is 6.35 Å². The molecule has 0 aromatic rings. The quantitative estimate of drug-likeness (QED) is 0.203. The second-order valence-corrected chi connectivity index (χ2v) is 1.08. The molecule has 2 amide bonds. The molecule has 48 valence electrons. The number of aliphatic hydroxyl groups is 1. The molecule has 0 bridgehead atoms. The summed E-state index contributed by atoms with van der Waals surface area (Å²) in [5.74, 6) is 0. The predicted octanol–water partition coefficient (Wildman–Crippen LogP) is -2.61. The van der Waals surface area contributed by atoms with Crippen LogP contribution in [0, 0.1) is 0 Å². The number of hydrogen-bond acceptors (Lipinski definition) is 4. The van der Waals surface area contributed by atoms with Crippen LogP contribution in [0.5, 0.6) is 0 Å². The number of aliphatic hydroxyl groups excluding tert-OH is 1. The zero-order valence-corrected chi connectivity index (χ0v) is 4.09. The summed E-state index contributed by atoms with van der Waals surface area (Å²) in [4.78, 5) is 9.79. The van der Waals surface area contributed by atoms with Crippen LogP contribution in [0.3, 0.4) is 0 Å². The number of carbonyl (C=O) groups excluding carboxylic acids is 1. The first-order valence-corrected chi connectivity index (χ1v) is 1.87. The molecule has 0 saturated carbocycles. The Bertz CT molecular complexity index is 82.1. The first kappa shape index (κ1) is 7.15. The van der Waals surface area contributed by atoms with E-state index < -0.39 is 12.4 Å². The van der Waals surface area contributed by atoms with Gasteiger partial charge in [0.05, 0.1) is 0 Å². The van der Waals surface area contributed by atoms with E-state index in [1.807, 2.05) is 10.9 Å². The highest BCUT2D eigenvalue weighted by atomic mass is 16.3. The lowest BCUT2D eigenvalue weighted by Gasteiger charge is -2.04. The van der Waals surface area contributed by atoms with E-state index in [2.05, 4.69) is 5.73 Å². The molecule has 0 aliphatic heterocycles. The van der Waals surface area contributed by atoms with Crippen molar-refractivity contribution in [3.63, 3.8) is 0 Å². The summed E-state index contributed by atoms with van der Waals surface area (Å²) in [6, 6.07) is -0.797. The van der Waals surface area contributed by atoms with Gasteiger partial charge in [-0.15, -0.1) is 0 Å². The summed E-state index contributed by atoms with van der Waals surface area (Å²) in [6.07, 6.45) is -1.28. The molecule has 0 radical (unpaired) electrons. The molecule has 8 heavy (non-hydrogen) atoms. The number of urea groups is 1. The molecule has 0 fully saturated rings. The minimum Gasteiger partial charge on any atom is -0.364 e. The molecule has 7 N–H and O–H groups in total. The van der Waals surface area contributed by atoms with Crippen molar-refractivity contribution in [3.8, 4) is 0 Å². The Kier molecular flexibility index (Phi) is 2.85. The second kappa shape index (κ2) is 3.19. The van der Waals surface area contributed by atoms with Crippen molar-refractivity contribution in [1.82, 2.24) is 10.9 Å². The highest BCUT2D eigenvalue weighted by molar-refractivity contribution is 5.70. The van der Waals surface area contributed by atoms with Gasteiger partial charge in [-0.1, -0.05) is 0 Å². The number of rotatable bonds is 2. The monoisotopic (exact) mass is 120 g/mol. The number of carbonyl (C=O) groups is 1.